The number of hydrogen-bond acceptors (Lipinski definition) is 4. The SMILES string of the molecule is CC(C)(C)OC(=O)Nc1ccc(CCN2CCNCC2)c(F)c1. The number of carbonyl (C=O) groups is 1. The Bertz CT molecular complexity index is 537. The Morgan fingerprint density at radius 2 is 2.04 bits per heavy atom. The van der Waals surface area contributed by atoms with Crippen molar-refractivity contribution in [3.8, 4) is 0 Å². The normalized spacial score (nSPS) is 16.2. The predicted octanol–water partition coefficient (Wildman–Crippen LogP) is 2.62. The monoisotopic (exact) mass is 323 g/mol. The molecule has 2 N–H and O–H groups in total. The van der Waals surface area contributed by atoms with Crippen molar-refractivity contribution in [2.45, 2.75) is 32.8 Å². The molecule has 0 radical (unpaired) electrons. The Kier molecular flexibility index (Phi) is 5.96. The fourth-order valence-corrected chi connectivity index (χ4v) is 2.46. The van der Waals surface area contributed by atoms with Crippen LogP contribution in [0.5, 0.6) is 0 Å². The van der Waals surface area contributed by atoms with Crippen molar-refractivity contribution in [3.05, 3.63) is 29.6 Å². The summed E-state index contributed by atoms with van der Waals surface area (Å²) >= 11 is 0. The van der Waals surface area contributed by atoms with E-state index in [4.69, 9.17) is 4.74 Å². The summed E-state index contributed by atoms with van der Waals surface area (Å²) in [6.45, 7) is 10.2. The summed E-state index contributed by atoms with van der Waals surface area (Å²) in [7, 11) is 0. The molecule has 1 aliphatic rings. The van der Waals surface area contributed by atoms with Crippen molar-refractivity contribution in [2.24, 2.45) is 0 Å². The van der Waals surface area contributed by atoms with E-state index in [1.807, 2.05) is 0 Å². The van der Waals surface area contributed by atoms with Crippen molar-refractivity contribution in [1.29, 1.82) is 0 Å². The van der Waals surface area contributed by atoms with Crippen LogP contribution in [0.4, 0.5) is 14.9 Å². The first-order valence-corrected chi connectivity index (χ1v) is 8.05. The lowest BCUT2D eigenvalue weighted by Crippen LogP contribution is -2.44. The number of halogens is 1. The van der Waals surface area contributed by atoms with Crippen molar-refractivity contribution in [3.63, 3.8) is 0 Å². The molecule has 1 fully saturated rings. The van der Waals surface area contributed by atoms with E-state index >= 15 is 0 Å². The standard InChI is InChI=1S/C17H26FN3O2/c1-17(2,3)23-16(22)20-14-5-4-13(15(18)12-14)6-9-21-10-7-19-8-11-21/h4-5,12,19H,6-11H2,1-3H3,(H,20,22). The largest absolute Gasteiger partial charge is 0.444 e. The molecule has 1 amide bonds. The van der Waals surface area contributed by atoms with E-state index in [2.05, 4.69) is 15.5 Å². The van der Waals surface area contributed by atoms with Gasteiger partial charge < -0.3 is 15.0 Å². The first-order valence-electron chi connectivity index (χ1n) is 8.05. The van der Waals surface area contributed by atoms with Gasteiger partial charge in [-0.1, -0.05) is 6.07 Å². The molecular weight excluding hydrogens is 297 g/mol. The summed E-state index contributed by atoms with van der Waals surface area (Å²) in [6.07, 6.45) is 0.0870. The number of carbonyl (C=O) groups excluding carboxylic acids is 1. The molecule has 0 spiro atoms. The van der Waals surface area contributed by atoms with Crippen LogP contribution < -0.4 is 10.6 Å². The van der Waals surface area contributed by atoms with Gasteiger partial charge in [0.2, 0.25) is 0 Å². The summed E-state index contributed by atoms with van der Waals surface area (Å²) in [4.78, 5) is 14.0. The zero-order chi connectivity index (χ0) is 16.9. The van der Waals surface area contributed by atoms with Gasteiger partial charge in [0.1, 0.15) is 11.4 Å². The van der Waals surface area contributed by atoms with Crippen LogP contribution in [0.3, 0.4) is 0 Å². The third-order valence-electron chi connectivity index (χ3n) is 3.61. The fourth-order valence-electron chi connectivity index (χ4n) is 2.46. The zero-order valence-corrected chi connectivity index (χ0v) is 14.1. The van der Waals surface area contributed by atoms with Crippen molar-refractivity contribution in [2.75, 3.05) is 38.0 Å². The quantitative estimate of drug-likeness (QED) is 0.894. The van der Waals surface area contributed by atoms with Gasteiger partial charge in [0.05, 0.1) is 0 Å². The van der Waals surface area contributed by atoms with E-state index in [1.165, 1.54) is 6.07 Å². The van der Waals surface area contributed by atoms with Crippen molar-refractivity contribution in [1.82, 2.24) is 10.2 Å². The molecule has 128 valence electrons. The Labute approximate surface area is 137 Å². The van der Waals surface area contributed by atoms with Crippen LogP contribution in [0.2, 0.25) is 0 Å². The van der Waals surface area contributed by atoms with E-state index in [0.29, 0.717) is 17.7 Å². The highest BCUT2D eigenvalue weighted by Crippen LogP contribution is 2.17. The van der Waals surface area contributed by atoms with Crippen LogP contribution in [0.15, 0.2) is 18.2 Å². The number of ether oxygens (including phenoxy) is 1. The van der Waals surface area contributed by atoms with Crippen LogP contribution in [-0.2, 0) is 11.2 Å². The number of amides is 1. The number of anilines is 1. The van der Waals surface area contributed by atoms with E-state index in [-0.39, 0.29) is 5.82 Å². The summed E-state index contributed by atoms with van der Waals surface area (Å²) < 4.78 is 19.3. The lowest BCUT2D eigenvalue weighted by molar-refractivity contribution is 0.0636. The predicted molar refractivity (Wildman–Crippen MR) is 89.3 cm³/mol. The maximum absolute atomic E-state index is 14.2. The minimum atomic E-state index is -0.578. The molecule has 1 heterocycles. The Morgan fingerprint density at radius 3 is 2.65 bits per heavy atom. The van der Waals surface area contributed by atoms with Gasteiger partial charge in [-0.15, -0.1) is 0 Å². The van der Waals surface area contributed by atoms with Crippen LogP contribution in [0, 0.1) is 5.82 Å². The van der Waals surface area contributed by atoms with Gasteiger partial charge in [-0.25, -0.2) is 9.18 Å². The van der Waals surface area contributed by atoms with Crippen LogP contribution in [0.1, 0.15) is 26.3 Å². The van der Waals surface area contributed by atoms with E-state index < -0.39 is 11.7 Å². The summed E-state index contributed by atoms with van der Waals surface area (Å²) in [5.41, 5.74) is 0.493. The number of nitrogens with one attached hydrogen (secondary N) is 2. The minimum absolute atomic E-state index is 0.298. The minimum Gasteiger partial charge on any atom is -0.444 e. The second-order valence-electron chi connectivity index (χ2n) is 6.77. The highest BCUT2D eigenvalue weighted by molar-refractivity contribution is 5.84. The van der Waals surface area contributed by atoms with Gasteiger partial charge in [-0.2, -0.15) is 0 Å². The molecule has 2 rings (SSSR count). The first-order chi connectivity index (χ1) is 10.8. The number of hydrogen-bond donors (Lipinski definition) is 2. The zero-order valence-electron chi connectivity index (χ0n) is 14.1. The maximum atomic E-state index is 14.2. The molecule has 1 aromatic rings. The number of piperazine rings is 1. The second kappa shape index (κ2) is 7.75. The molecule has 0 aromatic heterocycles. The third kappa shape index (κ3) is 6.15. The molecule has 0 atom stereocenters. The third-order valence-corrected chi connectivity index (χ3v) is 3.61. The molecule has 0 aliphatic carbocycles. The molecule has 0 unspecified atom stereocenters. The molecule has 1 saturated heterocycles. The second-order valence-corrected chi connectivity index (χ2v) is 6.77. The average molecular weight is 323 g/mol. The molecule has 1 aromatic carbocycles. The van der Waals surface area contributed by atoms with E-state index in [0.717, 1.165) is 32.7 Å². The smallest absolute Gasteiger partial charge is 0.412 e. The fraction of sp³-hybridized carbons (Fsp3) is 0.588. The Morgan fingerprint density at radius 1 is 1.35 bits per heavy atom. The van der Waals surface area contributed by atoms with Gasteiger partial charge in [0.15, 0.2) is 0 Å². The number of nitrogens with zero attached hydrogens (tertiary/aromatic N) is 1. The van der Waals surface area contributed by atoms with Crippen molar-refractivity contribution < 1.29 is 13.9 Å². The summed E-state index contributed by atoms with van der Waals surface area (Å²) in [6, 6.07) is 4.78. The molecule has 1 aliphatic heterocycles. The van der Waals surface area contributed by atoms with Crippen molar-refractivity contribution >= 4 is 11.8 Å². The molecule has 0 bridgehead atoms. The molecule has 6 heteroatoms. The topological polar surface area (TPSA) is 53.6 Å². The lowest BCUT2D eigenvalue weighted by Gasteiger charge is -2.27. The highest BCUT2D eigenvalue weighted by Gasteiger charge is 2.17. The number of benzene rings is 1. The van der Waals surface area contributed by atoms with E-state index in [1.54, 1.807) is 32.9 Å². The number of rotatable bonds is 4. The van der Waals surface area contributed by atoms with Gasteiger partial charge in [0, 0.05) is 38.4 Å². The van der Waals surface area contributed by atoms with Crippen LogP contribution >= 0.6 is 0 Å². The molecule has 23 heavy (non-hydrogen) atoms. The molecular formula is C17H26FN3O2. The summed E-state index contributed by atoms with van der Waals surface area (Å²) in [5.74, 6) is -0.298. The highest BCUT2D eigenvalue weighted by atomic mass is 19.1. The van der Waals surface area contributed by atoms with Crippen LogP contribution in [-0.4, -0.2) is 49.3 Å². The lowest BCUT2D eigenvalue weighted by atomic mass is 10.1. The van der Waals surface area contributed by atoms with Gasteiger partial charge in [-0.3, -0.25) is 5.32 Å². The van der Waals surface area contributed by atoms with Gasteiger partial charge in [0.25, 0.3) is 0 Å². The van der Waals surface area contributed by atoms with Gasteiger partial charge >= 0.3 is 6.09 Å². The van der Waals surface area contributed by atoms with E-state index in [9.17, 15) is 9.18 Å². The van der Waals surface area contributed by atoms with Gasteiger partial charge in [-0.05, 0) is 44.9 Å². The molecule has 0 saturated carbocycles. The molecule has 5 nitrogen and oxygen atoms in total. The first kappa shape index (κ1) is 17.7. The maximum Gasteiger partial charge on any atom is 0.412 e. The Hall–Kier alpha value is -1.66. The summed E-state index contributed by atoms with van der Waals surface area (Å²) in [5, 5.41) is 5.85. The average Bonchev–Trinajstić information content (AvgIpc) is 2.45. The Balaban J connectivity index is 1.88. The van der Waals surface area contributed by atoms with Crippen LogP contribution in [0.25, 0.3) is 0 Å².